The molecular formula is C13H14N6. The molecule has 0 fully saturated rings. The molecule has 2 aromatic rings. The molecule has 0 saturated carbocycles. The van der Waals surface area contributed by atoms with E-state index in [2.05, 4.69) is 38.8 Å². The first kappa shape index (κ1) is 12.8. The number of hydrogen-bond donors (Lipinski definition) is 2. The third-order valence-corrected chi connectivity index (χ3v) is 2.36. The van der Waals surface area contributed by atoms with Crippen LogP contribution in [0.3, 0.4) is 0 Å². The van der Waals surface area contributed by atoms with E-state index in [1.165, 1.54) is 6.20 Å². The molecule has 0 atom stereocenters. The van der Waals surface area contributed by atoms with Crippen molar-refractivity contribution in [3.63, 3.8) is 0 Å². The molecule has 0 aliphatic rings. The second kappa shape index (κ2) is 6.31. The van der Waals surface area contributed by atoms with E-state index in [0.29, 0.717) is 17.3 Å². The molecule has 0 amide bonds. The number of benzene rings is 1. The van der Waals surface area contributed by atoms with Gasteiger partial charge in [-0.25, -0.2) is 0 Å². The summed E-state index contributed by atoms with van der Waals surface area (Å²) in [4.78, 5) is 4.28. The van der Waals surface area contributed by atoms with Crippen LogP contribution >= 0.6 is 0 Å². The van der Waals surface area contributed by atoms with E-state index in [9.17, 15) is 0 Å². The number of nitrogens with zero attached hydrogens (tertiary/aromatic N) is 4. The standard InChI is InChI=1S/C13H14N6/c1-2-6-15-13-18-12(9-16-19-13)17-11-5-3-4-10(7-11)8-14/h3-5,7,9H,2,6H2,1H3,(H2,15,17,18,19). The monoisotopic (exact) mass is 254 g/mol. The van der Waals surface area contributed by atoms with Gasteiger partial charge in [0.1, 0.15) is 0 Å². The Balaban J connectivity index is 2.12. The van der Waals surface area contributed by atoms with Gasteiger partial charge in [-0.05, 0) is 24.6 Å². The highest BCUT2D eigenvalue weighted by molar-refractivity contribution is 5.58. The molecule has 0 aliphatic carbocycles. The summed E-state index contributed by atoms with van der Waals surface area (Å²) >= 11 is 0. The van der Waals surface area contributed by atoms with E-state index in [1.807, 2.05) is 12.1 Å². The summed E-state index contributed by atoms with van der Waals surface area (Å²) in [5, 5.41) is 22.8. The first-order valence-electron chi connectivity index (χ1n) is 6.02. The molecule has 0 aliphatic heterocycles. The molecule has 0 unspecified atom stereocenters. The third-order valence-electron chi connectivity index (χ3n) is 2.36. The van der Waals surface area contributed by atoms with Gasteiger partial charge in [0.25, 0.3) is 0 Å². The van der Waals surface area contributed by atoms with E-state index >= 15 is 0 Å². The highest BCUT2D eigenvalue weighted by Gasteiger charge is 2.01. The van der Waals surface area contributed by atoms with Gasteiger partial charge in [-0.15, -0.1) is 5.10 Å². The van der Waals surface area contributed by atoms with Crippen LogP contribution in [0.2, 0.25) is 0 Å². The number of anilines is 3. The Hall–Kier alpha value is -2.68. The summed E-state index contributed by atoms with van der Waals surface area (Å²) in [5.74, 6) is 1.08. The average Bonchev–Trinajstić information content (AvgIpc) is 2.46. The summed E-state index contributed by atoms with van der Waals surface area (Å²) in [5.41, 5.74) is 1.39. The Morgan fingerprint density at radius 2 is 2.26 bits per heavy atom. The Labute approximate surface area is 111 Å². The molecule has 1 aromatic carbocycles. The topological polar surface area (TPSA) is 86.5 Å². The average molecular weight is 254 g/mol. The van der Waals surface area contributed by atoms with Crippen LogP contribution in [0.1, 0.15) is 18.9 Å². The Morgan fingerprint density at radius 1 is 1.37 bits per heavy atom. The van der Waals surface area contributed by atoms with Crippen molar-refractivity contribution in [3.05, 3.63) is 36.0 Å². The predicted molar refractivity (Wildman–Crippen MR) is 73.0 cm³/mol. The zero-order chi connectivity index (χ0) is 13.5. The third kappa shape index (κ3) is 3.64. The first-order chi connectivity index (χ1) is 9.31. The van der Waals surface area contributed by atoms with Crippen molar-refractivity contribution in [1.82, 2.24) is 15.2 Å². The molecule has 1 heterocycles. The fourth-order valence-corrected chi connectivity index (χ4v) is 1.49. The van der Waals surface area contributed by atoms with Crippen molar-refractivity contribution in [3.8, 4) is 6.07 Å². The van der Waals surface area contributed by atoms with E-state index in [-0.39, 0.29) is 0 Å². The van der Waals surface area contributed by atoms with Gasteiger partial charge in [0.2, 0.25) is 5.95 Å². The summed E-state index contributed by atoms with van der Waals surface area (Å²) in [6.07, 6.45) is 2.53. The lowest BCUT2D eigenvalue weighted by atomic mass is 10.2. The molecule has 1 aromatic heterocycles. The predicted octanol–water partition coefficient (Wildman–Crippen LogP) is 2.31. The largest absolute Gasteiger partial charge is 0.353 e. The lowest BCUT2D eigenvalue weighted by molar-refractivity contribution is 0.913. The number of nitriles is 1. The molecule has 0 spiro atoms. The van der Waals surface area contributed by atoms with Crippen LogP contribution in [0.15, 0.2) is 30.5 Å². The highest BCUT2D eigenvalue weighted by atomic mass is 15.3. The molecule has 6 heteroatoms. The lowest BCUT2D eigenvalue weighted by Crippen LogP contribution is -2.06. The molecule has 0 bridgehead atoms. The van der Waals surface area contributed by atoms with Gasteiger partial charge >= 0.3 is 0 Å². The Morgan fingerprint density at radius 3 is 3.05 bits per heavy atom. The molecular weight excluding hydrogens is 240 g/mol. The minimum Gasteiger partial charge on any atom is -0.353 e. The molecule has 6 nitrogen and oxygen atoms in total. The second-order valence-corrected chi connectivity index (χ2v) is 3.91. The second-order valence-electron chi connectivity index (χ2n) is 3.91. The van der Waals surface area contributed by atoms with Gasteiger partial charge in [-0.3, -0.25) is 0 Å². The summed E-state index contributed by atoms with van der Waals surface area (Å²) < 4.78 is 0. The van der Waals surface area contributed by atoms with Gasteiger partial charge in [-0.2, -0.15) is 15.3 Å². The Bertz CT molecular complexity index is 590. The van der Waals surface area contributed by atoms with Crippen LogP contribution in [0.5, 0.6) is 0 Å². The van der Waals surface area contributed by atoms with Crippen LogP contribution in [-0.2, 0) is 0 Å². The zero-order valence-corrected chi connectivity index (χ0v) is 10.6. The van der Waals surface area contributed by atoms with Crippen LogP contribution in [0.25, 0.3) is 0 Å². The van der Waals surface area contributed by atoms with Crippen LogP contribution in [0.4, 0.5) is 17.5 Å². The van der Waals surface area contributed by atoms with Crippen molar-refractivity contribution in [1.29, 1.82) is 5.26 Å². The number of rotatable bonds is 5. The SMILES string of the molecule is CCCNc1nncc(Nc2cccc(C#N)c2)n1. The maximum atomic E-state index is 8.84. The van der Waals surface area contributed by atoms with Gasteiger partial charge in [0.15, 0.2) is 5.82 Å². The van der Waals surface area contributed by atoms with Crippen molar-refractivity contribution in [2.24, 2.45) is 0 Å². The minimum absolute atomic E-state index is 0.489. The number of hydrogen-bond acceptors (Lipinski definition) is 6. The van der Waals surface area contributed by atoms with E-state index in [0.717, 1.165) is 18.7 Å². The molecule has 2 N–H and O–H groups in total. The maximum absolute atomic E-state index is 8.84. The summed E-state index contributed by atoms with van der Waals surface area (Å²) in [6, 6.07) is 9.27. The number of aromatic nitrogens is 3. The summed E-state index contributed by atoms with van der Waals surface area (Å²) in [6.45, 7) is 2.87. The highest BCUT2D eigenvalue weighted by Crippen LogP contribution is 2.15. The fourth-order valence-electron chi connectivity index (χ4n) is 1.49. The quantitative estimate of drug-likeness (QED) is 0.851. The molecule has 2 rings (SSSR count). The zero-order valence-electron chi connectivity index (χ0n) is 10.6. The van der Waals surface area contributed by atoms with Crippen molar-refractivity contribution in [2.75, 3.05) is 17.2 Å². The first-order valence-corrected chi connectivity index (χ1v) is 6.02. The number of nitrogens with one attached hydrogen (secondary N) is 2. The fraction of sp³-hybridized carbons (Fsp3) is 0.231. The maximum Gasteiger partial charge on any atom is 0.244 e. The van der Waals surface area contributed by atoms with E-state index in [1.54, 1.807) is 12.1 Å². The Kier molecular flexibility index (Phi) is 4.24. The minimum atomic E-state index is 0.489. The van der Waals surface area contributed by atoms with Crippen molar-refractivity contribution >= 4 is 17.5 Å². The van der Waals surface area contributed by atoms with Crippen LogP contribution < -0.4 is 10.6 Å². The molecule has 0 radical (unpaired) electrons. The molecule has 96 valence electrons. The molecule has 0 saturated heterocycles. The smallest absolute Gasteiger partial charge is 0.244 e. The van der Waals surface area contributed by atoms with Gasteiger partial charge < -0.3 is 10.6 Å². The lowest BCUT2D eigenvalue weighted by Gasteiger charge is -2.07. The van der Waals surface area contributed by atoms with Crippen LogP contribution in [0, 0.1) is 11.3 Å². The van der Waals surface area contributed by atoms with Crippen LogP contribution in [-0.4, -0.2) is 21.7 Å². The van der Waals surface area contributed by atoms with Crippen molar-refractivity contribution < 1.29 is 0 Å². The van der Waals surface area contributed by atoms with E-state index in [4.69, 9.17) is 5.26 Å². The van der Waals surface area contributed by atoms with Gasteiger partial charge in [0, 0.05) is 12.2 Å². The summed E-state index contributed by atoms with van der Waals surface area (Å²) in [7, 11) is 0. The normalized spacial score (nSPS) is 9.68. The van der Waals surface area contributed by atoms with Gasteiger partial charge in [-0.1, -0.05) is 13.0 Å². The van der Waals surface area contributed by atoms with E-state index < -0.39 is 0 Å². The van der Waals surface area contributed by atoms with Crippen molar-refractivity contribution in [2.45, 2.75) is 13.3 Å². The van der Waals surface area contributed by atoms with Gasteiger partial charge in [0.05, 0.1) is 17.8 Å². The molecule has 19 heavy (non-hydrogen) atoms.